The lowest BCUT2D eigenvalue weighted by molar-refractivity contribution is 0.209. The van der Waals surface area contributed by atoms with Crippen LogP contribution in [0.5, 0.6) is 0 Å². The molecule has 0 unspecified atom stereocenters. The van der Waals surface area contributed by atoms with Crippen molar-refractivity contribution >= 4 is 33.5 Å². The summed E-state index contributed by atoms with van der Waals surface area (Å²) in [5.74, 6) is -0.0718. The first kappa shape index (κ1) is 20.5. The Morgan fingerprint density at radius 1 is 1.16 bits per heavy atom. The molecule has 2 aromatic carbocycles. The lowest BCUT2D eigenvalue weighted by Crippen LogP contribution is -2.30. The zero-order valence-corrected chi connectivity index (χ0v) is 18.2. The van der Waals surface area contributed by atoms with Crippen LogP contribution in [0.4, 0.5) is 8.78 Å². The van der Waals surface area contributed by atoms with Crippen LogP contribution in [0.1, 0.15) is 25.7 Å². The fraction of sp³-hybridized carbons (Fsp3) is 0.375. The molecular formula is C24H25ClF2N4. The number of aromatic amines is 1. The van der Waals surface area contributed by atoms with Gasteiger partial charge in [0.15, 0.2) is 5.82 Å². The number of benzene rings is 2. The summed E-state index contributed by atoms with van der Waals surface area (Å²) in [6.07, 6.45) is 7.07. The summed E-state index contributed by atoms with van der Waals surface area (Å²) < 4.78 is 29.8. The monoisotopic (exact) mass is 442 g/mol. The highest BCUT2D eigenvalue weighted by molar-refractivity contribution is 6.34. The maximum absolute atomic E-state index is 14.0. The molecule has 0 saturated carbocycles. The highest BCUT2D eigenvalue weighted by Gasteiger charge is 2.17. The van der Waals surface area contributed by atoms with E-state index in [9.17, 15) is 8.78 Å². The summed E-state index contributed by atoms with van der Waals surface area (Å²) in [7, 11) is 2.19. The lowest BCUT2D eigenvalue weighted by atomic mass is 9.92. The summed E-state index contributed by atoms with van der Waals surface area (Å²) >= 11 is 6.59. The molecule has 7 heteroatoms. The standard InChI is InChI=1S/C24H25ClF2N4/c1-30-8-4-15(5-9-30)3-2-7-31-10-6-16-11-18(19(25)14-22(16)31)24-28-21-13-17(26)12-20(27)23(21)29-24/h6,10-15H,2-5,7-9H2,1H3,(H,28,29). The zero-order chi connectivity index (χ0) is 21.5. The van der Waals surface area contributed by atoms with Crippen LogP contribution in [-0.2, 0) is 6.54 Å². The SMILES string of the molecule is CN1CCC(CCCn2ccc3cc(-c4nc5c(F)cc(F)cc5[nH]4)c(Cl)cc32)CC1. The van der Waals surface area contributed by atoms with Gasteiger partial charge in [-0.2, -0.15) is 0 Å². The van der Waals surface area contributed by atoms with Gasteiger partial charge in [0.05, 0.1) is 10.5 Å². The predicted octanol–water partition coefficient (Wildman–Crippen LogP) is 6.24. The van der Waals surface area contributed by atoms with E-state index in [1.165, 1.54) is 38.4 Å². The van der Waals surface area contributed by atoms with Crippen LogP contribution in [0.15, 0.2) is 36.5 Å². The third-order valence-corrected chi connectivity index (χ3v) is 6.78. The molecule has 31 heavy (non-hydrogen) atoms. The van der Waals surface area contributed by atoms with Gasteiger partial charge in [-0.25, -0.2) is 13.8 Å². The van der Waals surface area contributed by atoms with Gasteiger partial charge in [0.25, 0.3) is 0 Å². The summed E-state index contributed by atoms with van der Waals surface area (Å²) in [6.45, 7) is 3.36. The summed E-state index contributed by atoms with van der Waals surface area (Å²) in [6, 6.07) is 8.03. The van der Waals surface area contributed by atoms with Crippen LogP contribution >= 0.6 is 11.6 Å². The van der Waals surface area contributed by atoms with Crippen molar-refractivity contribution < 1.29 is 8.78 Å². The quantitative estimate of drug-likeness (QED) is 0.397. The molecule has 162 valence electrons. The van der Waals surface area contributed by atoms with E-state index in [1.54, 1.807) is 0 Å². The fourth-order valence-electron chi connectivity index (χ4n) is 4.66. The van der Waals surface area contributed by atoms with E-state index >= 15 is 0 Å². The van der Waals surface area contributed by atoms with E-state index < -0.39 is 11.6 Å². The first-order chi connectivity index (χ1) is 15.0. The molecule has 1 aliphatic heterocycles. The Morgan fingerprint density at radius 2 is 1.97 bits per heavy atom. The number of piperidine rings is 1. The minimum atomic E-state index is -0.689. The van der Waals surface area contributed by atoms with Crippen molar-refractivity contribution in [3.63, 3.8) is 0 Å². The lowest BCUT2D eigenvalue weighted by Gasteiger charge is -2.28. The molecule has 4 nitrogen and oxygen atoms in total. The van der Waals surface area contributed by atoms with Crippen molar-refractivity contribution in [3.05, 3.63) is 53.2 Å². The predicted molar refractivity (Wildman–Crippen MR) is 121 cm³/mol. The minimum absolute atomic E-state index is 0.110. The normalized spacial score (nSPS) is 16.0. The van der Waals surface area contributed by atoms with Crippen molar-refractivity contribution in [2.45, 2.75) is 32.2 Å². The van der Waals surface area contributed by atoms with Crippen molar-refractivity contribution in [2.75, 3.05) is 20.1 Å². The largest absolute Gasteiger partial charge is 0.347 e. The molecular weight excluding hydrogens is 418 g/mol. The molecule has 0 atom stereocenters. The first-order valence-electron chi connectivity index (χ1n) is 10.8. The number of fused-ring (bicyclic) bond motifs is 2. The van der Waals surface area contributed by atoms with E-state index in [0.29, 0.717) is 21.9 Å². The molecule has 0 radical (unpaired) electrons. The molecule has 2 aromatic heterocycles. The van der Waals surface area contributed by atoms with Crippen LogP contribution in [0.3, 0.4) is 0 Å². The summed E-state index contributed by atoms with van der Waals surface area (Å²) in [4.78, 5) is 9.71. The molecule has 1 fully saturated rings. The highest BCUT2D eigenvalue weighted by atomic mass is 35.5. The average molecular weight is 443 g/mol. The fourth-order valence-corrected chi connectivity index (χ4v) is 4.91. The number of imidazole rings is 1. The number of nitrogens with zero attached hydrogens (tertiary/aromatic N) is 3. The maximum atomic E-state index is 14.0. The van der Waals surface area contributed by atoms with Crippen LogP contribution < -0.4 is 0 Å². The number of nitrogens with one attached hydrogen (secondary N) is 1. The van der Waals surface area contributed by atoms with E-state index in [1.807, 2.05) is 12.1 Å². The summed E-state index contributed by atoms with van der Waals surface area (Å²) in [5.41, 5.74) is 2.17. The molecule has 4 aromatic rings. The Hall–Kier alpha value is -2.44. The second kappa shape index (κ2) is 8.24. The number of hydrogen-bond acceptors (Lipinski definition) is 2. The van der Waals surface area contributed by atoms with E-state index in [2.05, 4.69) is 38.7 Å². The zero-order valence-electron chi connectivity index (χ0n) is 17.5. The second-order valence-electron chi connectivity index (χ2n) is 8.66. The van der Waals surface area contributed by atoms with Gasteiger partial charge in [-0.05, 0) is 76.0 Å². The molecule has 0 amide bonds. The first-order valence-corrected chi connectivity index (χ1v) is 11.2. The average Bonchev–Trinajstić information content (AvgIpc) is 3.33. The molecule has 1 N–H and O–H groups in total. The van der Waals surface area contributed by atoms with E-state index in [-0.39, 0.29) is 5.52 Å². The number of rotatable bonds is 5. The molecule has 0 bridgehead atoms. The Bertz CT molecular complexity index is 1240. The van der Waals surface area contributed by atoms with Gasteiger partial charge < -0.3 is 14.5 Å². The number of H-pyrrole nitrogens is 1. The molecule has 3 heterocycles. The Labute approximate surface area is 184 Å². The maximum Gasteiger partial charge on any atom is 0.153 e. The van der Waals surface area contributed by atoms with Gasteiger partial charge in [0.2, 0.25) is 0 Å². The minimum Gasteiger partial charge on any atom is -0.347 e. The number of halogens is 3. The number of likely N-dealkylation sites (tertiary alicyclic amines) is 1. The number of aryl methyl sites for hydroxylation is 1. The van der Waals surface area contributed by atoms with Gasteiger partial charge in [-0.15, -0.1) is 0 Å². The van der Waals surface area contributed by atoms with E-state index in [0.717, 1.165) is 35.9 Å². The van der Waals surface area contributed by atoms with Crippen molar-refractivity contribution in [2.24, 2.45) is 5.92 Å². The number of aromatic nitrogens is 3. The Morgan fingerprint density at radius 3 is 2.77 bits per heavy atom. The molecule has 5 rings (SSSR count). The van der Waals surface area contributed by atoms with Gasteiger partial charge >= 0.3 is 0 Å². The Balaban J connectivity index is 1.36. The molecule has 0 spiro atoms. The van der Waals surface area contributed by atoms with Crippen LogP contribution in [-0.4, -0.2) is 39.6 Å². The van der Waals surface area contributed by atoms with Crippen LogP contribution in [0, 0.1) is 17.6 Å². The molecule has 1 saturated heterocycles. The third kappa shape index (κ3) is 4.06. The topological polar surface area (TPSA) is 36.9 Å². The summed E-state index contributed by atoms with van der Waals surface area (Å²) in [5, 5.41) is 1.58. The van der Waals surface area contributed by atoms with Gasteiger partial charge in [0, 0.05) is 35.3 Å². The molecule has 1 aliphatic rings. The molecule has 0 aliphatic carbocycles. The van der Waals surface area contributed by atoms with Crippen molar-refractivity contribution in [3.8, 4) is 11.4 Å². The van der Waals surface area contributed by atoms with Gasteiger partial charge in [0.1, 0.15) is 17.2 Å². The number of hydrogen-bond donors (Lipinski definition) is 1. The van der Waals surface area contributed by atoms with Gasteiger partial charge in [-0.3, -0.25) is 0 Å². The third-order valence-electron chi connectivity index (χ3n) is 6.47. The Kier molecular flexibility index (Phi) is 5.44. The van der Waals surface area contributed by atoms with Crippen molar-refractivity contribution in [1.82, 2.24) is 19.4 Å². The van der Waals surface area contributed by atoms with Crippen molar-refractivity contribution in [1.29, 1.82) is 0 Å². The highest BCUT2D eigenvalue weighted by Crippen LogP contribution is 2.33. The van der Waals surface area contributed by atoms with E-state index in [4.69, 9.17) is 11.6 Å². The second-order valence-corrected chi connectivity index (χ2v) is 9.07. The smallest absolute Gasteiger partial charge is 0.153 e. The van der Waals surface area contributed by atoms with Gasteiger partial charge in [-0.1, -0.05) is 11.6 Å². The van der Waals surface area contributed by atoms with Crippen LogP contribution in [0.2, 0.25) is 5.02 Å². The van der Waals surface area contributed by atoms with Crippen LogP contribution in [0.25, 0.3) is 33.3 Å².